The Balaban J connectivity index is 1.83. The lowest BCUT2D eigenvalue weighted by atomic mass is 10.1. The van der Waals surface area contributed by atoms with Gasteiger partial charge in [-0.2, -0.15) is 0 Å². The summed E-state index contributed by atoms with van der Waals surface area (Å²) in [4.78, 5) is 8.56. The molecule has 0 radical (unpaired) electrons. The standard InChI is InChI=1S/C16H27BrN4S/c1-3-7-21-8-5-14(6-9-21)20-16(18-4-2)19-11-15-10-13(17)12-22-15/h10,12,14H,3-9,11H2,1-2H3,(H2,18,19,20). The van der Waals surface area contributed by atoms with Crippen LogP contribution in [0.4, 0.5) is 0 Å². The Morgan fingerprint density at radius 2 is 2.18 bits per heavy atom. The van der Waals surface area contributed by atoms with Gasteiger partial charge in [0.05, 0.1) is 6.54 Å². The van der Waals surface area contributed by atoms with Gasteiger partial charge in [-0.05, 0) is 54.7 Å². The average Bonchev–Trinajstić information content (AvgIpc) is 2.93. The molecule has 2 heterocycles. The first kappa shape index (κ1) is 17.8. The fraction of sp³-hybridized carbons (Fsp3) is 0.688. The topological polar surface area (TPSA) is 39.7 Å². The van der Waals surface area contributed by atoms with Crippen LogP contribution >= 0.6 is 27.3 Å². The molecule has 0 spiro atoms. The maximum Gasteiger partial charge on any atom is 0.191 e. The lowest BCUT2D eigenvalue weighted by Gasteiger charge is -2.32. The first-order valence-corrected chi connectivity index (χ1v) is 9.88. The van der Waals surface area contributed by atoms with Crippen molar-refractivity contribution >= 4 is 33.2 Å². The van der Waals surface area contributed by atoms with Gasteiger partial charge in [-0.25, -0.2) is 4.99 Å². The second kappa shape index (κ2) is 9.53. The third kappa shape index (κ3) is 5.89. The molecule has 0 amide bonds. The molecule has 0 saturated carbocycles. The molecule has 2 rings (SSSR count). The second-order valence-corrected chi connectivity index (χ2v) is 7.60. The minimum absolute atomic E-state index is 0.543. The summed E-state index contributed by atoms with van der Waals surface area (Å²) < 4.78 is 1.14. The van der Waals surface area contributed by atoms with Crippen molar-refractivity contribution < 1.29 is 0 Å². The van der Waals surface area contributed by atoms with Gasteiger partial charge in [-0.3, -0.25) is 0 Å². The molecule has 1 aromatic heterocycles. The van der Waals surface area contributed by atoms with E-state index in [1.165, 1.54) is 43.8 Å². The molecule has 4 nitrogen and oxygen atoms in total. The van der Waals surface area contributed by atoms with Gasteiger partial charge in [0.25, 0.3) is 0 Å². The summed E-state index contributed by atoms with van der Waals surface area (Å²) in [6.45, 7) is 9.63. The van der Waals surface area contributed by atoms with Gasteiger partial charge in [-0.15, -0.1) is 11.3 Å². The van der Waals surface area contributed by atoms with Crippen LogP contribution in [0.5, 0.6) is 0 Å². The molecule has 1 fully saturated rings. The van der Waals surface area contributed by atoms with Gasteiger partial charge < -0.3 is 15.5 Å². The van der Waals surface area contributed by atoms with Crippen LogP contribution in [0.3, 0.4) is 0 Å². The van der Waals surface area contributed by atoms with Crippen molar-refractivity contribution in [1.82, 2.24) is 15.5 Å². The summed E-state index contributed by atoms with van der Waals surface area (Å²) in [6.07, 6.45) is 3.66. The van der Waals surface area contributed by atoms with Crippen LogP contribution in [0.2, 0.25) is 0 Å². The van der Waals surface area contributed by atoms with Gasteiger partial charge in [0.1, 0.15) is 0 Å². The highest BCUT2D eigenvalue weighted by molar-refractivity contribution is 9.10. The second-order valence-electron chi connectivity index (χ2n) is 5.69. The van der Waals surface area contributed by atoms with Crippen molar-refractivity contribution in [3.8, 4) is 0 Å². The zero-order chi connectivity index (χ0) is 15.8. The van der Waals surface area contributed by atoms with E-state index in [4.69, 9.17) is 4.99 Å². The molecule has 0 bridgehead atoms. The van der Waals surface area contributed by atoms with E-state index in [1.807, 2.05) is 0 Å². The maximum absolute atomic E-state index is 4.72. The average molecular weight is 387 g/mol. The van der Waals surface area contributed by atoms with Crippen LogP contribution in [-0.2, 0) is 6.54 Å². The van der Waals surface area contributed by atoms with Crippen molar-refractivity contribution in [3.63, 3.8) is 0 Å². The van der Waals surface area contributed by atoms with Crippen molar-refractivity contribution in [2.24, 2.45) is 4.99 Å². The van der Waals surface area contributed by atoms with Crippen molar-refractivity contribution in [3.05, 3.63) is 20.8 Å². The SMILES string of the molecule is CCCN1CCC(NC(=NCc2cc(Br)cs2)NCC)CC1. The van der Waals surface area contributed by atoms with E-state index < -0.39 is 0 Å². The number of nitrogens with zero attached hydrogens (tertiary/aromatic N) is 2. The first-order valence-electron chi connectivity index (χ1n) is 8.21. The Hall–Kier alpha value is -0.590. The van der Waals surface area contributed by atoms with Gasteiger partial charge in [0, 0.05) is 40.4 Å². The Bertz CT molecular complexity index is 466. The molecule has 0 aromatic carbocycles. The van der Waals surface area contributed by atoms with Crippen LogP contribution in [0.15, 0.2) is 20.9 Å². The predicted octanol–water partition coefficient (Wildman–Crippen LogP) is 3.44. The quantitative estimate of drug-likeness (QED) is 0.580. The van der Waals surface area contributed by atoms with E-state index in [0.29, 0.717) is 6.04 Å². The number of aliphatic imine (C=N–C) groups is 1. The van der Waals surface area contributed by atoms with E-state index in [-0.39, 0.29) is 0 Å². The van der Waals surface area contributed by atoms with Crippen LogP contribution < -0.4 is 10.6 Å². The molecule has 0 atom stereocenters. The first-order chi connectivity index (χ1) is 10.7. The Kier molecular flexibility index (Phi) is 7.69. The highest BCUT2D eigenvalue weighted by Gasteiger charge is 2.19. The number of halogens is 1. The predicted molar refractivity (Wildman–Crippen MR) is 99.7 cm³/mol. The Labute approximate surface area is 146 Å². The van der Waals surface area contributed by atoms with E-state index in [9.17, 15) is 0 Å². The molecule has 124 valence electrons. The molecule has 22 heavy (non-hydrogen) atoms. The highest BCUT2D eigenvalue weighted by atomic mass is 79.9. The molecule has 0 unspecified atom stereocenters. The molecule has 1 aliphatic rings. The molecule has 1 aliphatic heterocycles. The van der Waals surface area contributed by atoms with Crippen molar-refractivity contribution in [1.29, 1.82) is 0 Å². The zero-order valence-electron chi connectivity index (χ0n) is 13.6. The van der Waals surface area contributed by atoms with E-state index in [1.54, 1.807) is 11.3 Å². The minimum atomic E-state index is 0.543. The number of hydrogen-bond donors (Lipinski definition) is 2. The van der Waals surface area contributed by atoms with Gasteiger partial charge >= 0.3 is 0 Å². The molecule has 2 N–H and O–H groups in total. The zero-order valence-corrected chi connectivity index (χ0v) is 16.0. The largest absolute Gasteiger partial charge is 0.357 e. The molecule has 1 saturated heterocycles. The van der Waals surface area contributed by atoms with E-state index in [0.717, 1.165) is 23.5 Å². The number of hydrogen-bond acceptors (Lipinski definition) is 3. The van der Waals surface area contributed by atoms with E-state index in [2.05, 4.69) is 56.8 Å². The monoisotopic (exact) mass is 386 g/mol. The Morgan fingerprint density at radius 1 is 1.41 bits per heavy atom. The van der Waals surface area contributed by atoms with Gasteiger partial charge in [0.2, 0.25) is 0 Å². The Morgan fingerprint density at radius 3 is 2.77 bits per heavy atom. The summed E-state index contributed by atoms with van der Waals surface area (Å²) in [5.74, 6) is 0.945. The summed E-state index contributed by atoms with van der Waals surface area (Å²) in [6, 6.07) is 2.68. The van der Waals surface area contributed by atoms with Crippen LogP contribution in [0, 0.1) is 0 Å². The number of guanidine groups is 1. The summed E-state index contributed by atoms with van der Waals surface area (Å²) >= 11 is 5.24. The number of nitrogens with one attached hydrogen (secondary N) is 2. The number of thiophene rings is 1. The molecule has 1 aromatic rings. The van der Waals surface area contributed by atoms with Crippen LogP contribution in [-0.4, -0.2) is 43.1 Å². The number of piperidine rings is 1. The van der Waals surface area contributed by atoms with Gasteiger partial charge in [0.15, 0.2) is 5.96 Å². The number of likely N-dealkylation sites (tertiary alicyclic amines) is 1. The van der Waals surface area contributed by atoms with Crippen LogP contribution in [0.25, 0.3) is 0 Å². The van der Waals surface area contributed by atoms with Crippen molar-refractivity contribution in [2.75, 3.05) is 26.2 Å². The normalized spacial score (nSPS) is 17.7. The maximum atomic E-state index is 4.72. The fourth-order valence-corrected chi connectivity index (χ4v) is 4.10. The molecule has 6 heteroatoms. The van der Waals surface area contributed by atoms with Crippen LogP contribution in [0.1, 0.15) is 38.0 Å². The third-order valence-electron chi connectivity index (χ3n) is 3.83. The number of rotatable bonds is 6. The third-order valence-corrected chi connectivity index (χ3v) is 5.51. The molecular formula is C16H27BrN4S. The summed E-state index contributed by atoms with van der Waals surface area (Å²) in [5.41, 5.74) is 0. The summed E-state index contributed by atoms with van der Waals surface area (Å²) in [7, 11) is 0. The fourth-order valence-electron chi connectivity index (χ4n) is 2.72. The lowest BCUT2D eigenvalue weighted by molar-refractivity contribution is 0.206. The van der Waals surface area contributed by atoms with Gasteiger partial charge in [-0.1, -0.05) is 6.92 Å². The summed E-state index contributed by atoms with van der Waals surface area (Å²) in [5, 5.41) is 9.07. The smallest absolute Gasteiger partial charge is 0.191 e. The molecule has 0 aliphatic carbocycles. The highest BCUT2D eigenvalue weighted by Crippen LogP contribution is 2.20. The van der Waals surface area contributed by atoms with Crippen molar-refractivity contribution in [2.45, 2.75) is 45.7 Å². The molecular weight excluding hydrogens is 360 g/mol. The minimum Gasteiger partial charge on any atom is -0.357 e. The van der Waals surface area contributed by atoms with E-state index >= 15 is 0 Å². The lowest BCUT2D eigenvalue weighted by Crippen LogP contribution is -2.48.